The van der Waals surface area contributed by atoms with Crippen LogP contribution in [0.25, 0.3) is 11.3 Å². The van der Waals surface area contributed by atoms with Crippen molar-refractivity contribution in [1.29, 1.82) is 5.26 Å². The van der Waals surface area contributed by atoms with Crippen molar-refractivity contribution in [2.24, 2.45) is 0 Å². The highest BCUT2D eigenvalue weighted by Crippen LogP contribution is 2.19. The SMILES string of the molecule is N#Cc1ccc(-c2ccccc2)n(Cc2ccc(C(=O)O)o2)c1=O. The summed E-state index contributed by atoms with van der Waals surface area (Å²) in [7, 11) is 0. The first-order valence-corrected chi connectivity index (χ1v) is 7.11. The van der Waals surface area contributed by atoms with Crippen LogP contribution in [0.3, 0.4) is 0 Å². The molecule has 2 aromatic heterocycles. The highest BCUT2D eigenvalue weighted by Gasteiger charge is 2.14. The topological polar surface area (TPSA) is 96.2 Å². The molecule has 2 heterocycles. The highest BCUT2D eigenvalue weighted by atomic mass is 16.4. The molecule has 6 nitrogen and oxygen atoms in total. The maximum Gasteiger partial charge on any atom is 0.371 e. The maximum absolute atomic E-state index is 12.5. The predicted octanol–water partition coefficient (Wildman–Crippen LogP) is 2.73. The van der Waals surface area contributed by atoms with Crippen molar-refractivity contribution >= 4 is 5.97 Å². The van der Waals surface area contributed by atoms with E-state index in [0.717, 1.165) is 5.56 Å². The Balaban J connectivity index is 2.12. The fourth-order valence-corrected chi connectivity index (χ4v) is 2.42. The molecular weight excluding hydrogens is 308 g/mol. The van der Waals surface area contributed by atoms with Crippen molar-refractivity contribution in [2.75, 3.05) is 0 Å². The van der Waals surface area contributed by atoms with Crippen LogP contribution >= 0.6 is 0 Å². The summed E-state index contributed by atoms with van der Waals surface area (Å²) >= 11 is 0. The lowest BCUT2D eigenvalue weighted by atomic mass is 10.1. The van der Waals surface area contributed by atoms with Gasteiger partial charge in [-0.3, -0.25) is 9.36 Å². The predicted molar refractivity (Wildman–Crippen MR) is 85.6 cm³/mol. The number of furan rings is 1. The Kier molecular flexibility index (Phi) is 4.00. The minimum absolute atomic E-state index is 0.0136. The molecule has 0 saturated carbocycles. The fourth-order valence-electron chi connectivity index (χ4n) is 2.42. The second-order valence-corrected chi connectivity index (χ2v) is 5.07. The van der Waals surface area contributed by atoms with Crippen LogP contribution in [-0.2, 0) is 6.54 Å². The average molecular weight is 320 g/mol. The third-order valence-corrected chi connectivity index (χ3v) is 3.55. The number of aromatic carboxylic acids is 1. The number of pyridine rings is 1. The summed E-state index contributed by atoms with van der Waals surface area (Å²) in [5, 5.41) is 18.0. The Labute approximate surface area is 136 Å². The summed E-state index contributed by atoms with van der Waals surface area (Å²) in [6, 6.07) is 17.1. The van der Waals surface area contributed by atoms with E-state index in [0.29, 0.717) is 11.5 Å². The van der Waals surface area contributed by atoms with Gasteiger partial charge >= 0.3 is 5.97 Å². The smallest absolute Gasteiger partial charge is 0.371 e. The van der Waals surface area contributed by atoms with E-state index in [4.69, 9.17) is 14.8 Å². The van der Waals surface area contributed by atoms with Gasteiger partial charge in [0.2, 0.25) is 5.76 Å². The number of aromatic nitrogens is 1. The molecule has 0 aliphatic heterocycles. The Morgan fingerprint density at radius 1 is 1.12 bits per heavy atom. The molecule has 3 aromatic rings. The molecule has 0 amide bonds. The zero-order valence-electron chi connectivity index (χ0n) is 12.5. The summed E-state index contributed by atoms with van der Waals surface area (Å²) in [4.78, 5) is 23.4. The number of nitriles is 1. The van der Waals surface area contributed by atoms with Crippen LogP contribution in [0, 0.1) is 11.3 Å². The molecule has 0 bridgehead atoms. The van der Waals surface area contributed by atoms with E-state index < -0.39 is 11.5 Å². The van der Waals surface area contributed by atoms with Gasteiger partial charge in [-0.2, -0.15) is 5.26 Å². The number of carbonyl (C=O) groups is 1. The highest BCUT2D eigenvalue weighted by molar-refractivity contribution is 5.84. The second-order valence-electron chi connectivity index (χ2n) is 5.07. The minimum atomic E-state index is -1.18. The van der Waals surface area contributed by atoms with Gasteiger partial charge in [-0.05, 0) is 29.8 Å². The van der Waals surface area contributed by atoms with E-state index in [1.165, 1.54) is 22.8 Å². The molecule has 0 aliphatic carbocycles. The van der Waals surface area contributed by atoms with Crippen LogP contribution in [0.1, 0.15) is 21.9 Å². The summed E-state index contributed by atoms with van der Waals surface area (Å²) in [6.45, 7) is 0.0336. The lowest BCUT2D eigenvalue weighted by Crippen LogP contribution is -2.24. The number of hydrogen-bond acceptors (Lipinski definition) is 4. The largest absolute Gasteiger partial charge is 0.475 e. The van der Waals surface area contributed by atoms with Crippen LogP contribution in [0.15, 0.2) is 63.8 Å². The van der Waals surface area contributed by atoms with Gasteiger partial charge in [0.1, 0.15) is 17.4 Å². The summed E-state index contributed by atoms with van der Waals surface area (Å²) in [5.74, 6) is -1.06. The van der Waals surface area contributed by atoms with Crippen molar-refractivity contribution < 1.29 is 14.3 Å². The fraction of sp³-hybridized carbons (Fsp3) is 0.0556. The molecule has 0 aliphatic rings. The Bertz CT molecular complexity index is 994. The van der Waals surface area contributed by atoms with Crippen molar-refractivity contribution in [3.63, 3.8) is 0 Å². The van der Waals surface area contributed by atoms with Gasteiger partial charge in [0.25, 0.3) is 5.56 Å². The van der Waals surface area contributed by atoms with Crippen molar-refractivity contribution in [1.82, 2.24) is 4.57 Å². The molecule has 1 aromatic carbocycles. The molecule has 0 saturated heterocycles. The number of carboxylic acid groups (broad SMARTS) is 1. The molecule has 3 rings (SSSR count). The van der Waals surface area contributed by atoms with Gasteiger partial charge in [-0.15, -0.1) is 0 Å². The van der Waals surface area contributed by atoms with Crippen molar-refractivity contribution in [3.8, 4) is 17.3 Å². The van der Waals surface area contributed by atoms with E-state index in [9.17, 15) is 9.59 Å². The maximum atomic E-state index is 12.5. The summed E-state index contributed by atoms with van der Waals surface area (Å²) in [6.07, 6.45) is 0. The Hall–Kier alpha value is -3.59. The van der Waals surface area contributed by atoms with E-state index >= 15 is 0 Å². The summed E-state index contributed by atoms with van der Waals surface area (Å²) < 4.78 is 6.63. The molecule has 0 atom stereocenters. The monoisotopic (exact) mass is 320 g/mol. The van der Waals surface area contributed by atoms with Gasteiger partial charge in [0, 0.05) is 0 Å². The average Bonchev–Trinajstić information content (AvgIpc) is 3.06. The van der Waals surface area contributed by atoms with Gasteiger partial charge in [0.05, 0.1) is 12.2 Å². The van der Waals surface area contributed by atoms with Crippen LogP contribution < -0.4 is 5.56 Å². The molecule has 0 fully saturated rings. The number of rotatable bonds is 4. The minimum Gasteiger partial charge on any atom is -0.475 e. The molecule has 1 N–H and O–H groups in total. The molecular formula is C18H12N2O4. The molecule has 0 unspecified atom stereocenters. The molecule has 24 heavy (non-hydrogen) atoms. The Morgan fingerprint density at radius 2 is 1.88 bits per heavy atom. The van der Waals surface area contributed by atoms with E-state index in [1.807, 2.05) is 36.4 Å². The first-order valence-electron chi connectivity index (χ1n) is 7.11. The first-order chi connectivity index (χ1) is 11.6. The third kappa shape index (κ3) is 2.83. The third-order valence-electron chi connectivity index (χ3n) is 3.55. The summed E-state index contributed by atoms with van der Waals surface area (Å²) in [5.41, 5.74) is 0.990. The molecule has 6 heteroatoms. The van der Waals surface area contributed by atoms with Crippen LogP contribution in [-0.4, -0.2) is 15.6 Å². The van der Waals surface area contributed by atoms with Crippen LogP contribution in [0.2, 0.25) is 0 Å². The van der Waals surface area contributed by atoms with Crippen molar-refractivity contribution in [3.05, 3.63) is 82.0 Å². The van der Waals surface area contributed by atoms with Gasteiger partial charge in [-0.25, -0.2) is 4.79 Å². The van der Waals surface area contributed by atoms with Crippen molar-refractivity contribution in [2.45, 2.75) is 6.54 Å². The zero-order valence-corrected chi connectivity index (χ0v) is 12.5. The van der Waals surface area contributed by atoms with Gasteiger partial charge in [-0.1, -0.05) is 30.3 Å². The quantitative estimate of drug-likeness (QED) is 0.797. The number of hydrogen-bond donors (Lipinski definition) is 1. The molecule has 118 valence electrons. The zero-order chi connectivity index (χ0) is 17.1. The Morgan fingerprint density at radius 3 is 2.50 bits per heavy atom. The number of nitrogens with zero attached hydrogens (tertiary/aromatic N) is 2. The normalized spacial score (nSPS) is 10.3. The molecule has 0 spiro atoms. The van der Waals surface area contributed by atoms with Crippen LogP contribution in [0.4, 0.5) is 0 Å². The van der Waals surface area contributed by atoms with E-state index in [-0.39, 0.29) is 17.9 Å². The molecule has 0 radical (unpaired) electrons. The van der Waals surface area contributed by atoms with Gasteiger partial charge in [0.15, 0.2) is 0 Å². The van der Waals surface area contributed by atoms with E-state index in [2.05, 4.69) is 0 Å². The van der Waals surface area contributed by atoms with E-state index in [1.54, 1.807) is 6.07 Å². The lowest BCUT2D eigenvalue weighted by Gasteiger charge is -2.12. The standard InChI is InChI=1S/C18H12N2O4/c19-10-13-6-8-15(12-4-2-1-3-5-12)20(17(13)21)11-14-7-9-16(24-14)18(22)23/h1-9H,11H2,(H,22,23). The first kappa shape index (κ1) is 15.3. The second kappa shape index (κ2) is 6.26. The number of benzene rings is 1. The lowest BCUT2D eigenvalue weighted by molar-refractivity contribution is 0.0660. The van der Waals surface area contributed by atoms with Gasteiger partial charge < -0.3 is 9.52 Å². The van der Waals surface area contributed by atoms with Crippen LogP contribution in [0.5, 0.6) is 0 Å². The number of carboxylic acids is 1.